The predicted octanol–water partition coefficient (Wildman–Crippen LogP) is 5.13. The standard InChI is InChI=1S/C24H18F3N3O4S/c25-24(26,27)23-15-20(16-4-2-1-3-5-16)30(28-23)18-8-6-17(7-9-18)29-35(31,32)19-10-11-21-22(14-19)34-13-12-33-21/h1-11,14-15,29H,12-13H2. The van der Waals surface area contributed by atoms with Gasteiger partial charge in [-0.1, -0.05) is 30.3 Å². The van der Waals surface area contributed by atoms with Crippen LogP contribution in [0.5, 0.6) is 11.5 Å². The molecule has 35 heavy (non-hydrogen) atoms. The Labute approximate surface area is 198 Å². The number of nitrogens with zero attached hydrogens (tertiary/aromatic N) is 2. The molecule has 180 valence electrons. The van der Waals surface area contributed by atoms with E-state index in [-0.39, 0.29) is 16.3 Å². The Morgan fingerprint density at radius 2 is 1.54 bits per heavy atom. The SMILES string of the molecule is O=S(=O)(Nc1ccc(-n2nc(C(F)(F)F)cc2-c2ccccc2)cc1)c1ccc2c(c1)OCCO2. The van der Waals surface area contributed by atoms with E-state index in [1.165, 1.54) is 47.1 Å². The number of fused-ring (bicyclic) bond motifs is 1. The summed E-state index contributed by atoms with van der Waals surface area (Å²) in [6.07, 6.45) is -4.62. The Morgan fingerprint density at radius 3 is 2.23 bits per heavy atom. The lowest BCUT2D eigenvalue weighted by atomic mass is 10.1. The summed E-state index contributed by atoms with van der Waals surface area (Å²) in [6, 6.07) is 19.7. The second-order valence-electron chi connectivity index (χ2n) is 7.65. The highest BCUT2D eigenvalue weighted by molar-refractivity contribution is 7.92. The largest absolute Gasteiger partial charge is 0.486 e. The molecule has 0 spiro atoms. The van der Waals surface area contributed by atoms with Crippen molar-refractivity contribution in [3.63, 3.8) is 0 Å². The zero-order chi connectivity index (χ0) is 24.6. The number of nitrogens with one attached hydrogen (secondary N) is 1. The van der Waals surface area contributed by atoms with Gasteiger partial charge in [0.25, 0.3) is 10.0 Å². The third kappa shape index (κ3) is 4.67. The lowest BCUT2D eigenvalue weighted by Gasteiger charge is -2.19. The molecular formula is C24H18F3N3O4S. The second-order valence-corrected chi connectivity index (χ2v) is 9.33. The van der Waals surface area contributed by atoms with Gasteiger partial charge in [-0.2, -0.15) is 18.3 Å². The van der Waals surface area contributed by atoms with Gasteiger partial charge in [-0.15, -0.1) is 0 Å². The minimum atomic E-state index is -4.62. The Hall–Kier alpha value is -3.99. The lowest BCUT2D eigenvalue weighted by molar-refractivity contribution is -0.141. The van der Waals surface area contributed by atoms with Crippen LogP contribution in [-0.2, 0) is 16.2 Å². The van der Waals surface area contributed by atoms with Gasteiger partial charge >= 0.3 is 6.18 Å². The molecule has 5 rings (SSSR count). The first-order valence-electron chi connectivity index (χ1n) is 10.5. The number of anilines is 1. The van der Waals surface area contributed by atoms with E-state index >= 15 is 0 Å². The van der Waals surface area contributed by atoms with Crippen LogP contribution in [0.15, 0.2) is 83.8 Å². The van der Waals surface area contributed by atoms with Gasteiger partial charge in [-0.25, -0.2) is 13.1 Å². The molecule has 0 saturated heterocycles. The lowest BCUT2D eigenvalue weighted by Crippen LogP contribution is -2.17. The summed E-state index contributed by atoms with van der Waals surface area (Å²) in [5.41, 5.74) is 0.343. The van der Waals surface area contributed by atoms with Crippen LogP contribution in [0.4, 0.5) is 18.9 Å². The second kappa shape index (κ2) is 8.66. The van der Waals surface area contributed by atoms with E-state index in [0.717, 1.165) is 6.07 Å². The van der Waals surface area contributed by atoms with E-state index in [2.05, 4.69) is 9.82 Å². The molecule has 0 saturated carbocycles. The molecule has 4 aromatic rings. The molecule has 0 fully saturated rings. The van der Waals surface area contributed by atoms with E-state index in [9.17, 15) is 21.6 Å². The minimum Gasteiger partial charge on any atom is -0.486 e. The maximum atomic E-state index is 13.4. The first-order valence-corrected chi connectivity index (χ1v) is 11.9. The molecule has 0 unspecified atom stereocenters. The van der Waals surface area contributed by atoms with Gasteiger partial charge < -0.3 is 9.47 Å². The molecule has 0 amide bonds. The molecule has 1 N–H and O–H groups in total. The molecular weight excluding hydrogens is 483 g/mol. The molecule has 2 heterocycles. The average molecular weight is 501 g/mol. The fourth-order valence-electron chi connectivity index (χ4n) is 3.61. The summed E-state index contributed by atoms with van der Waals surface area (Å²) in [4.78, 5) is -0.0147. The Bertz CT molecular complexity index is 1470. The van der Waals surface area contributed by atoms with Gasteiger partial charge in [-0.05, 0) is 42.5 Å². The molecule has 0 radical (unpaired) electrons. The highest BCUT2D eigenvalue weighted by Crippen LogP contribution is 2.34. The molecule has 0 aliphatic carbocycles. The predicted molar refractivity (Wildman–Crippen MR) is 122 cm³/mol. The molecule has 1 aliphatic rings. The molecule has 1 aromatic heterocycles. The Morgan fingerprint density at radius 1 is 0.857 bits per heavy atom. The summed E-state index contributed by atoms with van der Waals surface area (Å²) in [6.45, 7) is 0.705. The minimum absolute atomic E-state index is 0.0147. The molecule has 0 atom stereocenters. The van der Waals surface area contributed by atoms with E-state index < -0.39 is 21.9 Å². The van der Waals surface area contributed by atoms with Gasteiger partial charge in [-0.3, -0.25) is 4.72 Å². The smallest absolute Gasteiger partial charge is 0.435 e. The van der Waals surface area contributed by atoms with Crippen molar-refractivity contribution in [3.05, 3.63) is 84.6 Å². The first kappa shape index (κ1) is 22.8. The fourth-order valence-corrected chi connectivity index (χ4v) is 4.68. The molecule has 7 nitrogen and oxygen atoms in total. The van der Waals surface area contributed by atoms with Crippen LogP contribution in [0, 0.1) is 0 Å². The van der Waals surface area contributed by atoms with Crippen molar-refractivity contribution in [1.29, 1.82) is 0 Å². The summed E-state index contributed by atoms with van der Waals surface area (Å²) in [5.74, 6) is 0.799. The highest BCUT2D eigenvalue weighted by Gasteiger charge is 2.35. The average Bonchev–Trinajstić information content (AvgIpc) is 3.31. The van der Waals surface area contributed by atoms with Crippen molar-refractivity contribution in [2.75, 3.05) is 17.9 Å². The number of benzene rings is 3. The van der Waals surface area contributed by atoms with E-state index in [0.29, 0.717) is 36.0 Å². The number of hydrogen-bond acceptors (Lipinski definition) is 5. The normalized spacial score (nSPS) is 13.5. The van der Waals surface area contributed by atoms with Crippen LogP contribution in [0.1, 0.15) is 5.69 Å². The van der Waals surface area contributed by atoms with Crippen molar-refractivity contribution in [2.45, 2.75) is 11.1 Å². The number of alkyl halides is 3. The van der Waals surface area contributed by atoms with Crippen LogP contribution in [0.2, 0.25) is 0 Å². The maximum Gasteiger partial charge on any atom is 0.435 e. The van der Waals surface area contributed by atoms with Crippen molar-refractivity contribution < 1.29 is 31.1 Å². The summed E-state index contributed by atoms with van der Waals surface area (Å²) in [7, 11) is -3.95. The van der Waals surface area contributed by atoms with Crippen molar-refractivity contribution >= 4 is 15.7 Å². The Kier molecular flexibility index (Phi) is 5.64. The zero-order valence-corrected chi connectivity index (χ0v) is 18.8. The highest BCUT2D eigenvalue weighted by atomic mass is 32.2. The van der Waals surface area contributed by atoms with Crippen LogP contribution < -0.4 is 14.2 Å². The fraction of sp³-hybridized carbons (Fsp3) is 0.125. The maximum absolute atomic E-state index is 13.4. The number of ether oxygens (including phenoxy) is 2. The number of halogens is 3. The first-order chi connectivity index (χ1) is 16.7. The topological polar surface area (TPSA) is 82.5 Å². The number of hydrogen-bond donors (Lipinski definition) is 1. The van der Waals surface area contributed by atoms with Crippen molar-refractivity contribution in [3.8, 4) is 28.4 Å². The van der Waals surface area contributed by atoms with E-state index in [1.54, 1.807) is 30.3 Å². The summed E-state index contributed by atoms with van der Waals surface area (Å²) < 4.78 is 80.3. The molecule has 11 heteroatoms. The van der Waals surface area contributed by atoms with Gasteiger partial charge in [0.1, 0.15) is 13.2 Å². The monoisotopic (exact) mass is 501 g/mol. The van der Waals surface area contributed by atoms with Crippen molar-refractivity contribution in [2.24, 2.45) is 0 Å². The van der Waals surface area contributed by atoms with Gasteiger partial charge in [0.2, 0.25) is 0 Å². The number of aromatic nitrogens is 2. The summed E-state index contributed by atoms with van der Waals surface area (Å²) >= 11 is 0. The number of sulfonamides is 1. The molecule has 0 bridgehead atoms. The molecule has 3 aromatic carbocycles. The van der Waals surface area contributed by atoms with E-state index in [4.69, 9.17) is 9.47 Å². The quantitative estimate of drug-likeness (QED) is 0.410. The number of rotatable bonds is 5. The van der Waals surface area contributed by atoms with Crippen LogP contribution in [-0.4, -0.2) is 31.4 Å². The summed E-state index contributed by atoms with van der Waals surface area (Å²) in [5, 5.41) is 3.75. The van der Waals surface area contributed by atoms with Crippen LogP contribution in [0.3, 0.4) is 0 Å². The Balaban J connectivity index is 1.44. The van der Waals surface area contributed by atoms with Gasteiger partial charge in [0.05, 0.1) is 16.3 Å². The zero-order valence-electron chi connectivity index (χ0n) is 18.0. The van der Waals surface area contributed by atoms with Crippen LogP contribution >= 0.6 is 0 Å². The third-order valence-corrected chi connectivity index (χ3v) is 6.64. The van der Waals surface area contributed by atoms with Gasteiger partial charge in [0.15, 0.2) is 17.2 Å². The molecule has 1 aliphatic heterocycles. The van der Waals surface area contributed by atoms with E-state index in [1.807, 2.05) is 0 Å². The third-order valence-electron chi connectivity index (χ3n) is 5.26. The van der Waals surface area contributed by atoms with Crippen molar-refractivity contribution in [1.82, 2.24) is 9.78 Å². The van der Waals surface area contributed by atoms with Crippen LogP contribution in [0.25, 0.3) is 16.9 Å². The van der Waals surface area contributed by atoms with Gasteiger partial charge in [0, 0.05) is 17.3 Å².